The van der Waals surface area contributed by atoms with Gasteiger partial charge in [-0.1, -0.05) is 31.9 Å². The molecular formula is C23H25F5O2. The lowest BCUT2D eigenvalue weighted by Gasteiger charge is -2.27. The van der Waals surface area contributed by atoms with Crippen molar-refractivity contribution in [1.82, 2.24) is 0 Å². The van der Waals surface area contributed by atoms with E-state index < -0.39 is 48.2 Å². The summed E-state index contributed by atoms with van der Waals surface area (Å²) in [6.07, 6.45) is 1.39. The molecule has 30 heavy (non-hydrogen) atoms. The molecule has 3 rings (SSSR count). The maximum Gasteiger partial charge on any atom is 0.204 e. The zero-order valence-electron chi connectivity index (χ0n) is 17.0. The van der Waals surface area contributed by atoms with Crippen LogP contribution in [-0.4, -0.2) is 19.9 Å². The van der Waals surface area contributed by atoms with Gasteiger partial charge in [-0.25, -0.2) is 13.2 Å². The van der Waals surface area contributed by atoms with Gasteiger partial charge in [-0.05, 0) is 47.9 Å². The van der Waals surface area contributed by atoms with Gasteiger partial charge < -0.3 is 9.47 Å². The number of hydrogen-bond acceptors (Lipinski definition) is 2. The first-order valence-corrected chi connectivity index (χ1v) is 10.1. The molecule has 0 radical (unpaired) electrons. The van der Waals surface area contributed by atoms with Crippen molar-refractivity contribution in [3.8, 4) is 11.5 Å². The number of methoxy groups -OCH3 is 1. The van der Waals surface area contributed by atoms with Crippen LogP contribution in [0.2, 0.25) is 0 Å². The van der Waals surface area contributed by atoms with Crippen molar-refractivity contribution in [3.63, 3.8) is 0 Å². The van der Waals surface area contributed by atoms with Crippen molar-refractivity contribution < 1.29 is 31.4 Å². The third-order valence-corrected chi connectivity index (χ3v) is 5.74. The van der Waals surface area contributed by atoms with Gasteiger partial charge in [0.25, 0.3) is 0 Å². The van der Waals surface area contributed by atoms with Crippen LogP contribution in [0.4, 0.5) is 22.0 Å². The number of hydrogen-bond donors (Lipinski definition) is 0. The van der Waals surface area contributed by atoms with Crippen molar-refractivity contribution in [2.45, 2.75) is 51.1 Å². The van der Waals surface area contributed by atoms with Crippen LogP contribution >= 0.6 is 0 Å². The quantitative estimate of drug-likeness (QED) is 0.469. The Morgan fingerprint density at radius 2 is 1.50 bits per heavy atom. The van der Waals surface area contributed by atoms with Crippen LogP contribution in [0.15, 0.2) is 24.3 Å². The molecule has 2 nitrogen and oxygen atoms in total. The molecule has 1 aliphatic carbocycles. The second-order valence-corrected chi connectivity index (χ2v) is 7.91. The molecule has 1 unspecified atom stereocenters. The summed E-state index contributed by atoms with van der Waals surface area (Å²) in [5.41, 5.74) is 0.225. The van der Waals surface area contributed by atoms with Crippen LogP contribution in [0.1, 0.15) is 49.7 Å². The first kappa shape index (κ1) is 22.4. The van der Waals surface area contributed by atoms with Crippen LogP contribution in [0.5, 0.6) is 11.5 Å². The second-order valence-electron chi connectivity index (χ2n) is 7.91. The Balaban J connectivity index is 1.63. The highest BCUT2D eigenvalue weighted by Gasteiger charge is 2.25. The maximum atomic E-state index is 14.6. The van der Waals surface area contributed by atoms with Crippen molar-refractivity contribution in [3.05, 3.63) is 58.7 Å². The Bertz CT molecular complexity index is 878. The molecular weight excluding hydrogens is 403 g/mol. The van der Waals surface area contributed by atoms with Gasteiger partial charge in [0.1, 0.15) is 12.8 Å². The lowest BCUT2D eigenvalue weighted by Crippen LogP contribution is -2.18. The average Bonchev–Trinajstić information content (AvgIpc) is 2.73. The molecule has 1 fully saturated rings. The van der Waals surface area contributed by atoms with Crippen LogP contribution in [0, 0.1) is 29.2 Å². The van der Waals surface area contributed by atoms with Crippen molar-refractivity contribution >= 4 is 0 Å². The fourth-order valence-electron chi connectivity index (χ4n) is 3.91. The highest BCUT2D eigenvalue weighted by molar-refractivity contribution is 5.35. The topological polar surface area (TPSA) is 18.5 Å². The van der Waals surface area contributed by atoms with Gasteiger partial charge in [-0.2, -0.15) is 8.78 Å². The average molecular weight is 428 g/mol. The SMILES string of the molecule is COc1ccc(OCC(F)Cc2ccc(C3CCC(C)CC3)c(F)c2F)c(F)c1F. The summed E-state index contributed by atoms with van der Waals surface area (Å²) in [5.74, 6) is -4.76. The summed E-state index contributed by atoms with van der Waals surface area (Å²) in [7, 11) is 1.18. The van der Waals surface area contributed by atoms with Crippen LogP contribution in [-0.2, 0) is 6.42 Å². The van der Waals surface area contributed by atoms with Gasteiger partial charge in [0, 0.05) is 6.42 Å². The summed E-state index contributed by atoms with van der Waals surface area (Å²) in [6.45, 7) is 1.51. The minimum absolute atomic E-state index is 0.0257. The maximum absolute atomic E-state index is 14.6. The number of rotatable bonds is 7. The molecule has 0 aliphatic heterocycles. The predicted octanol–water partition coefficient (Wildman–Crippen LogP) is 6.50. The van der Waals surface area contributed by atoms with E-state index >= 15 is 0 Å². The number of halogens is 5. The molecule has 0 heterocycles. The summed E-state index contributed by atoms with van der Waals surface area (Å²) in [6, 6.07) is 5.19. The molecule has 0 aromatic heterocycles. The summed E-state index contributed by atoms with van der Waals surface area (Å²) >= 11 is 0. The Morgan fingerprint density at radius 1 is 0.867 bits per heavy atom. The van der Waals surface area contributed by atoms with Crippen molar-refractivity contribution in [2.75, 3.05) is 13.7 Å². The van der Waals surface area contributed by atoms with Gasteiger partial charge in [0.15, 0.2) is 23.1 Å². The minimum atomic E-state index is -1.73. The molecule has 7 heteroatoms. The molecule has 1 saturated carbocycles. The molecule has 0 bridgehead atoms. The highest BCUT2D eigenvalue weighted by Crippen LogP contribution is 2.37. The Morgan fingerprint density at radius 3 is 2.17 bits per heavy atom. The Labute approximate surface area is 173 Å². The molecule has 164 valence electrons. The van der Waals surface area contributed by atoms with E-state index in [1.807, 2.05) is 0 Å². The van der Waals surface area contributed by atoms with E-state index in [1.54, 1.807) is 0 Å². The van der Waals surface area contributed by atoms with E-state index in [9.17, 15) is 22.0 Å². The molecule has 2 aromatic rings. The van der Waals surface area contributed by atoms with Crippen molar-refractivity contribution in [2.24, 2.45) is 5.92 Å². The molecule has 0 saturated heterocycles. The fraction of sp³-hybridized carbons (Fsp3) is 0.478. The van der Waals surface area contributed by atoms with Crippen LogP contribution < -0.4 is 9.47 Å². The van der Waals surface area contributed by atoms with E-state index in [1.165, 1.54) is 19.2 Å². The molecule has 0 amide bonds. The summed E-state index contributed by atoms with van der Waals surface area (Å²) in [5, 5.41) is 0. The fourth-order valence-corrected chi connectivity index (χ4v) is 3.91. The Hall–Kier alpha value is -2.31. The summed E-state index contributed by atoms with van der Waals surface area (Å²) < 4.78 is 80.6. The molecule has 1 atom stereocenters. The lowest BCUT2D eigenvalue weighted by molar-refractivity contribution is 0.186. The summed E-state index contributed by atoms with van der Waals surface area (Å²) in [4.78, 5) is 0. The zero-order chi connectivity index (χ0) is 21.8. The van der Waals surface area contributed by atoms with Crippen molar-refractivity contribution in [1.29, 1.82) is 0 Å². The molecule has 0 spiro atoms. The first-order valence-electron chi connectivity index (χ1n) is 10.1. The number of ether oxygens (including phenoxy) is 2. The van der Waals surface area contributed by atoms with E-state index in [0.29, 0.717) is 11.5 Å². The van der Waals surface area contributed by atoms with Crippen LogP contribution in [0.3, 0.4) is 0 Å². The van der Waals surface area contributed by atoms with Gasteiger partial charge in [0.2, 0.25) is 11.6 Å². The van der Waals surface area contributed by atoms with Gasteiger partial charge >= 0.3 is 0 Å². The lowest BCUT2D eigenvalue weighted by atomic mass is 9.79. The van der Waals surface area contributed by atoms with Gasteiger partial charge in [-0.3, -0.25) is 0 Å². The molecule has 0 N–H and O–H groups in total. The van der Waals surface area contributed by atoms with Crippen LogP contribution in [0.25, 0.3) is 0 Å². The second kappa shape index (κ2) is 9.67. The largest absolute Gasteiger partial charge is 0.494 e. The monoisotopic (exact) mass is 428 g/mol. The standard InChI is InChI=1S/C23H25F5O2/c1-13-3-5-14(6-4-13)17-8-7-15(20(25)21(17)26)11-16(24)12-30-19-10-9-18(29-2)22(27)23(19)28/h7-10,13-14,16H,3-6,11-12H2,1-2H3. The van der Waals surface area contributed by atoms with Gasteiger partial charge in [0.05, 0.1) is 7.11 Å². The van der Waals surface area contributed by atoms with E-state index in [-0.39, 0.29) is 17.2 Å². The third-order valence-electron chi connectivity index (χ3n) is 5.74. The van der Waals surface area contributed by atoms with E-state index in [4.69, 9.17) is 4.74 Å². The predicted molar refractivity (Wildman–Crippen MR) is 104 cm³/mol. The van der Waals surface area contributed by atoms with E-state index in [0.717, 1.165) is 37.8 Å². The molecule has 1 aliphatic rings. The minimum Gasteiger partial charge on any atom is -0.494 e. The van der Waals surface area contributed by atoms with E-state index in [2.05, 4.69) is 11.7 Å². The first-order chi connectivity index (χ1) is 14.3. The third kappa shape index (κ3) is 4.87. The smallest absolute Gasteiger partial charge is 0.204 e. The van der Waals surface area contributed by atoms with Gasteiger partial charge in [-0.15, -0.1) is 0 Å². The normalized spacial score (nSPS) is 20.1. The number of benzene rings is 2. The molecule has 2 aromatic carbocycles. The number of alkyl halides is 1. The Kier molecular flexibility index (Phi) is 7.21. The highest BCUT2D eigenvalue weighted by atomic mass is 19.2. The zero-order valence-corrected chi connectivity index (χ0v) is 17.0.